The van der Waals surface area contributed by atoms with Crippen molar-refractivity contribution in [2.75, 3.05) is 0 Å². The SMILES string of the molecule is Cc1ccc(C(N)=O)c(I)n1. The lowest BCUT2D eigenvalue weighted by Gasteiger charge is -1.98. The van der Waals surface area contributed by atoms with Crippen LogP contribution in [0.2, 0.25) is 0 Å². The summed E-state index contributed by atoms with van der Waals surface area (Å²) in [7, 11) is 0. The van der Waals surface area contributed by atoms with Crippen molar-refractivity contribution in [3.63, 3.8) is 0 Å². The highest BCUT2D eigenvalue weighted by molar-refractivity contribution is 14.1. The van der Waals surface area contributed by atoms with Gasteiger partial charge < -0.3 is 5.73 Å². The molecule has 0 aromatic carbocycles. The molecule has 1 rings (SSSR count). The number of carbonyl (C=O) groups is 1. The van der Waals surface area contributed by atoms with Gasteiger partial charge in [0, 0.05) is 5.69 Å². The summed E-state index contributed by atoms with van der Waals surface area (Å²) in [6.45, 7) is 1.87. The fourth-order valence-electron chi connectivity index (χ4n) is 0.709. The topological polar surface area (TPSA) is 56.0 Å². The molecule has 1 aromatic heterocycles. The molecule has 0 aliphatic heterocycles. The van der Waals surface area contributed by atoms with E-state index in [1.807, 2.05) is 29.5 Å². The van der Waals surface area contributed by atoms with E-state index in [0.717, 1.165) is 5.69 Å². The van der Waals surface area contributed by atoms with E-state index in [4.69, 9.17) is 5.73 Å². The van der Waals surface area contributed by atoms with E-state index in [1.165, 1.54) is 0 Å². The summed E-state index contributed by atoms with van der Waals surface area (Å²) in [5.74, 6) is -0.429. The molecular formula is C7H7IN2O. The molecule has 0 saturated carbocycles. The van der Waals surface area contributed by atoms with E-state index < -0.39 is 5.91 Å². The van der Waals surface area contributed by atoms with Crippen LogP contribution < -0.4 is 5.73 Å². The number of aromatic nitrogens is 1. The van der Waals surface area contributed by atoms with Crippen molar-refractivity contribution in [3.8, 4) is 0 Å². The Bertz CT molecular complexity index is 298. The summed E-state index contributed by atoms with van der Waals surface area (Å²) in [5.41, 5.74) is 6.45. The highest BCUT2D eigenvalue weighted by Crippen LogP contribution is 2.08. The zero-order valence-corrected chi connectivity index (χ0v) is 8.12. The molecular weight excluding hydrogens is 255 g/mol. The molecule has 3 nitrogen and oxygen atoms in total. The number of nitrogens with two attached hydrogens (primary N) is 1. The Morgan fingerprint density at radius 1 is 1.64 bits per heavy atom. The molecule has 0 unspecified atom stereocenters. The lowest BCUT2D eigenvalue weighted by molar-refractivity contribution is 0.0999. The first-order valence-electron chi connectivity index (χ1n) is 3.04. The van der Waals surface area contributed by atoms with E-state index in [0.29, 0.717) is 9.26 Å². The Morgan fingerprint density at radius 3 is 2.73 bits per heavy atom. The van der Waals surface area contributed by atoms with Crippen molar-refractivity contribution in [1.82, 2.24) is 4.98 Å². The number of aryl methyl sites for hydroxylation is 1. The first-order valence-corrected chi connectivity index (χ1v) is 4.12. The Kier molecular flexibility index (Phi) is 2.43. The highest BCUT2D eigenvalue weighted by Gasteiger charge is 2.05. The van der Waals surface area contributed by atoms with Crippen LogP contribution in [0.25, 0.3) is 0 Å². The molecule has 0 bridgehead atoms. The van der Waals surface area contributed by atoms with Crippen molar-refractivity contribution < 1.29 is 4.79 Å². The average molecular weight is 262 g/mol. The molecule has 0 fully saturated rings. The number of hydrogen-bond donors (Lipinski definition) is 1. The second kappa shape index (κ2) is 3.17. The van der Waals surface area contributed by atoms with Crippen LogP contribution in [-0.4, -0.2) is 10.9 Å². The Balaban J connectivity index is 3.20. The first-order chi connectivity index (χ1) is 5.11. The third-order valence-corrected chi connectivity index (χ3v) is 2.08. The standard InChI is InChI=1S/C7H7IN2O/c1-4-2-3-5(7(9)11)6(8)10-4/h2-3H,1H3,(H2,9,11). The number of pyridine rings is 1. The van der Waals surface area contributed by atoms with Crippen LogP contribution in [0.3, 0.4) is 0 Å². The number of primary amides is 1. The molecule has 4 heteroatoms. The van der Waals surface area contributed by atoms with Gasteiger partial charge in [-0.05, 0) is 41.6 Å². The van der Waals surface area contributed by atoms with Gasteiger partial charge in [-0.25, -0.2) is 4.98 Å². The summed E-state index contributed by atoms with van der Waals surface area (Å²) < 4.78 is 0.662. The maximum Gasteiger partial charge on any atom is 0.251 e. The summed E-state index contributed by atoms with van der Waals surface area (Å²) in [6, 6.07) is 3.45. The van der Waals surface area contributed by atoms with E-state index in [2.05, 4.69) is 4.98 Å². The Hall–Kier alpha value is -0.650. The van der Waals surface area contributed by atoms with Gasteiger partial charge in [-0.2, -0.15) is 0 Å². The Labute approximate surface area is 78.1 Å². The van der Waals surface area contributed by atoms with E-state index in [9.17, 15) is 4.79 Å². The summed E-state index contributed by atoms with van der Waals surface area (Å²) in [5, 5.41) is 0. The zero-order chi connectivity index (χ0) is 8.43. The number of rotatable bonds is 1. The molecule has 0 saturated heterocycles. The molecule has 58 valence electrons. The van der Waals surface area contributed by atoms with Crippen LogP contribution in [-0.2, 0) is 0 Å². The van der Waals surface area contributed by atoms with Crippen molar-refractivity contribution in [1.29, 1.82) is 0 Å². The maximum absolute atomic E-state index is 10.7. The van der Waals surface area contributed by atoms with Gasteiger partial charge in [0.05, 0.1) is 5.56 Å². The molecule has 0 radical (unpaired) electrons. The second-order valence-electron chi connectivity index (χ2n) is 2.16. The van der Waals surface area contributed by atoms with Crippen molar-refractivity contribution in [3.05, 3.63) is 27.1 Å². The molecule has 1 amide bonds. The first kappa shape index (κ1) is 8.45. The molecule has 0 aliphatic rings. The number of nitrogens with zero attached hydrogens (tertiary/aromatic N) is 1. The van der Waals surface area contributed by atoms with Crippen molar-refractivity contribution >= 4 is 28.5 Å². The van der Waals surface area contributed by atoms with Crippen LogP contribution in [0.4, 0.5) is 0 Å². The average Bonchev–Trinajstić information content (AvgIpc) is 1.85. The predicted octanol–water partition coefficient (Wildman–Crippen LogP) is 1.09. The molecule has 0 atom stereocenters. The van der Waals surface area contributed by atoms with Gasteiger partial charge in [0.15, 0.2) is 0 Å². The quantitative estimate of drug-likeness (QED) is 0.608. The van der Waals surface area contributed by atoms with Gasteiger partial charge in [0.1, 0.15) is 3.70 Å². The largest absolute Gasteiger partial charge is 0.366 e. The third-order valence-electron chi connectivity index (χ3n) is 1.25. The second-order valence-corrected chi connectivity index (χ2v) is 3.18. The van der Waals surface area contributed by atoms with E-state index in [1.54, 1.807) is 12.1 Å². The van der Waals surface area contributed by atoms with Gasteiger partial charge >= 0.3 is 0 Å². The number of amides is 1. The van der Waals surface area contributed by atoms with Crippen LogP contribution in [0.5, 0.6) is 0 Å². The molecule has 11 heavy (non-hydrogen) atoms. The zero-order valence-electron chi connectivity index (χ0n) is 5.97. The van der Waals surface area contributed by atoms with Gasteiger partial charge in [0.25, 0.3) is 5.91 Å². The Morgan fingerprint density at radius 2 is 2.27 bits per heavy atom. The summed E-state index contributed by atoms with van der Waals surface area (Å²) in [6.07, 6.45) is 0. The van der Waals surface area contributed by atoms with Gasteiger partial charge in [-0.15, -0.1) is 0 Å². The normalized spacial score (nSPS) is 9.64. The molecule has 1 aromatic rings. The van der Waals surface area contributed by atoms with E-state index in [-0.39, 0.29) is 0 Å². The highest BCUT2D eigenvalue weighted by atomic mass is 127. The monoisotopic (exact) mass is 262 g/mol. The molecule has 2 N–H and O–H groups in total. The lowest BCUT2D eigenvalue weighted by Crippen LogP contribution is -2.13. The third kappa shape index (κ3) is 1.89. The predicted molar refractivity (Wildman–Crippen MR) is 50.2 cm³/mol. The number of carbonyl (C=O) groups excluding carboxylic acids is 1. The number of halogens is 1. The van der Waals surface area contributed by atoms with Gasteiger partial charge in [-0.3, -0.25) is 4.79 Å². The minimum atomic E-state index is -0.429. The van der Waals surface area contributed by atoms with Gasteiger partial charge in [0.2, 0.25) is 0 Å². The van der Waals surface area contributed by atoms with E-state index >= 15 is 0 Å². The maximum atomic E-state index is 10.7. The summed E-state index contributed by atoms with van der Waals surface area (Å²) >= 11 is 1.99. The van der Waals surface area contributed by atoms with Crippen LogP contribution >= 0.6 is 22.6 Å². The molecule has 0 spiro atoms. The van der Waals surface area contributed by atoms with Crippen LogP contribution in [0.1, 0.15) is 16.1 Å². The number of hydrogen-bond acceptors (Lipinski definition) is 2. The fourth-order valence-corrected chi connectivity index (χ4v) is 1.53. The van der Waals surface area contributed by atoms with Crippen LogP contribution in [0, 0.1) is 10.6 Å². The minimum absolute atomic E-state index is 0.429. The fraction of sp³-hybridized carbons (Fsp3) is 0.143. The lowest BCUT2D eigenvalue weighted by atomic mass is 10.2. The van der Waals surface area contributed by atoms with Crippen molar-refractivity contribution in [2.45, 2.75) is 6.92 Å². The summed E-state index contributed by atoms with van der Waals surface area (Å²) in [4.78, 5) is 14.8. The smallest absolute Gasteiger partial charge is 0.251 e. The van der Waals surface area contributed by atoms with Crippen molar-refractivity contribution in [2.24, 2.45) is 5.73 Å². The minimum Gasteiger partial charge on any atom is -0.366 e. The molecule has 0 aliphatic carbocycles. The van der Waals surface area contributed by atoms with Crippen LogP contribution in [0.15, 0.2) is 12.1 Å². The molecule has 1 heterocycles. The van der Waals surface area contributed by atoms with Gasteiger partial charge in [-0.1, -0.05) is 0 Å².